The van der Waals surface area contributed by atoms with Crippen molar-refractivity contribution >= 4 is 28.6 Å². The highest BCUT2D eigenvalue weighted by molar-refractivity contribution is 6.28. The second-order valence-electron chi connectivity index (χ2n) is 5.74. The third kappa shape index (κ3) is 3.39. The van der Waals surface area contributed by atoms with E-state index in [1.54, 1.807) is 43.5 Å². The highest BCUT2D eigenvalue weighted by Crippen LogP contribution is 2.19. The Hall–Kier alpha value is -3.83. The number of hydrogen-bond acceptors (Lipinski definition) is 6. The Morgan fingerprint density at radius 2 is 1.93 bits per heavy atom. The zero-order valence-electron chi connectivity index (χ0n) is 14.5. The molecule has 1 aromatic carbocycles. The molecule has 3 heterocycles. The highest BCUT2D eigenvalue weighted by Gasteiger charge is 2.12. The maximum atomic E-state index is 11.2. The van der Waals surface area contributed by atoms with Gasteiger partial charge in [0, 0.05) is 23.3 Å². The third-order valence-electron chi connectivity index (χ3n) is 3.89. The molecular formula is C19H11ClN6O2. The van der Waals surface area contributed by atoms with Crippen molar-refractivity contribution in [3.8, 4) is 23.4 Å². The van der Waals surface area contributed by atoms with E-state index in [9.17, 15) is 9.90 Å². The van der Waals surface area contributed by atoms with E-state index < -0.39 is 6.09 Å². The summed E-state index contributed by atoms with van der Waals surface area (Å²) >= 11 is 5.81. The lowest BCUT2D eigenvalue weighted by molar-refractivity contribution is 0.194. The molecule has 1 N–H and O–H groups in total. The second kappa shape index (κ2) is 7.06. The van der Waals surface area contributed by atoms with E-state index in [4.69, 9.17) is 11.6 Å². The summed E-state index contributed by atoms with van der Waals surface area (Å²) in [4.78, 5) is 27.7. The number of fused-ring (bicyclic) bond motifs is 1. The Labute approximate surface area is 163 Å². The van der Waals surface area contributed by atoms with Crippen molar-refractivity contribution in [1.29, 1.82) is 0 Å². The summed E-state index contributed by atoms with van der Waals surface area (Å²) in [5, 5.41) is 14.1. The Kier molecular flexibility index (Phi) is 4.43. The molecule has 0 atom stereocenters. The van der Waals surface area contributed by atoms with Crippen molar-refractivity contribution < 1.29 is 9.90 Å². The number of rotatable bonds is 1. The fourth-order valence-corrected chi connectivity index (χ4v) is 2.79. The van der Waals surface area contributed by atoms with Gasteiger partial charge < -0.3 is 5.11 Å². The van der Waals surface area contributed by atoms with Crippen molar-refractivity contribution in [3.05, 3.63) is 65.0 Å². The van der Waals surface area contributed by atoms with Crippen LogP contribution in [-0.4, -0.2) is 40.9 Å². The summed E-state index contributed by atoms with van der Waals surface area (Å²) in [5.41, 5.74) is 2.86. The lowest BCUT2D eigenvalue weighted by Gasteiger charge is -1.99. The zero-order chi connectivity index (χ0) is 19.7. The lowest BCUT2D eigenvalue weighted by atomic mass is 10.1. The molecule has 0 saturated carbocycles. The molecule has 28 heavy (non-hydrogen) atoms. The number of aromatic nitrogens is 6. The van der Waals surface area contributed by atoms with Crippen LogP contribution in [0.4, 0.5) is 4.79 Å². The number of benzene rings is 1. The molecule has 0 aliphatic heterocycles. The van der Waals surface area contributed by atoms with E-state index in [0.29, 0.717) is 34.0 Å². The first-order valence-electron chi connectivity index (χ1n) is 8.08. The van der Waals surface area contributed by atoms with Crippen LogP contribution in [0.1, 0.15) is 17.0 Å². The first kappa shape index (κ1) is 17.6. The van der Waals surface area contributed by atoms with Crippen LogP contribution < -0.4 is 0 Å². The van der Waals surface area contributed by atoms with Gasteiger partial charge in [-0.05, 0) is 54.8 Å². The van der Waals surface area contributed by atoms with Gasteiger partial charge >= 0.3 is 6.09 Å². The molecule has 0 unspecified atom stereocenters. The molecule has 8 nitrogen and oxygen atoms in total. The monoisotopic (exact) mass is 390 g/mol. The number of carboxylic acid groups (broad SMARTS) is 1. The molecule has 4 rings (SSSR count). The molecule has 136 valence electrons. The number of halogens is 1. The lowest BCUT2D eigenvalue weighted by Crippen LogP contribution is -2.09. The summed E-state index contributed by atoms with van der Waals surface area (Å²) in [6.07, 6.45) is 1.99. The summed E-state index contributed by atoms with van der Waals surface area (Å²) in [7, 11) is 0. The number of nitrogens with zero attached hydrogens (tertiary/aromatic N) is 6. The number of carbonyl (C=O) groups is 1. The molecule has 0 bridgehead atoms. The summed E-state index contributed by atoms with van der Waals surface area (Å²) in [6.45, 7) is 1.75. The van der Waals surface area contributed by atoms with Gasteiger partial charge in [0.25, 0.3) is 0 Å². The first-order valence-corrected chi connectivity index (χ1v) is 8.46. The minimum atomic E-state index is -1.13. The van der Waals surface area contributed by atoms with Gasteiger partial charge in [0.05, 0.1) is 11.2 Å². The molecule has 4 aromatic rings. The minimum Gasteiger partial charge on any atom is -0.463 e. The average molecular weight is 391 g/mol. The topological polar surface area (TPSA) is 107 Å². The van der Waals surface area contributed by atoms with Crippen LogP contribution in [-0.2, 0) is 0 Å². The van der Waals surface area contributed by atoms with Crippen molar-refractivity contribution in [2.24, 2.45) is 0 Å². The van der Waals surface area contributed by atoms with Crippen molar-refractivity contribution in [2.45, 2.75) is 6.92 Å². The van der Waals surface area contributed by atoms with Crippen molar-refractivity contribution in [1.82, 2.24) is 29.7 Å². The first-order chi connectivity index (χ1) is 13.5. The summed E-state index contributed by atoms with van der Waals surface area (Å²) in [5.74, 6) is 6.40. The Bertz CT molecular complexity index is 1290. The molecular weight excluding hydrogens is 380 g/mol. The van der Waals surface area contributed by atoms with Gasteiger partial charge in [-0.2, -0.15) is 9.78 Å². The zero-order valence-corrected chi connectivity index (χ0v) is 15.2. The molecule has 0 amide bonds. The molecule has 0 aliphatic rings. The maximum absolute atomic E-state index is 11.2. The van der Waals surface area contributed by atoms with Crippen LogP contribution in [0.5, 0.6) is 0 Å². The fraction of sp³-hybridized carbons (Fsp3) is 0.0526. The third-order valence-corrected chi connectivity index (χ3v) is 4.07. The number of aryl methyl sites for hydroxylation is 1. The van der Waals surface area contributed by atoms with Crippen LogP contribution in [0.2, 0.25) is 5.28 Å². The molecule has 3 aromatic heterocycles. The average Bonchev–Trinajstić information content (AvgIpc) is 3.03. The highest BCUT2D eigenvalue weighted by atomic mass is 35.5. The van der Waals surface area contributed by atoms with Crippen LogP contribution in [0, 0.1) is 18.8 Å². The van der Waals surface area contributed by atoms with E-state index in [0.717, 1.165) is 10.1 Å². The normalized spacial score (nSPS) is 10.5. The van der Waals surface area contributed by atoms with Gasteiger partial charge in [-0.3, -0.25) is 0 Å². The van der Waals surface area contributed by atoms with Gasteiger partial charge in [0.15, 0.2) is 5.82 Å². The standard InChI is InChI=1S/C19H11ClN6O2/c1-11-14-10-12(3-5-16(14)26(25-11)19(27)28)2-4-13-6-8-21-17(23-13)15-7-9-22-18(20)24-15/h3,5-10H,1H3,(H,27,28). The van der Waals surface area contributed by atoms with Crippen LogP contribution in [0.3, 0.4) is 0 Å². The van der Waals surface area contributed by atoms with Crippen LogP contribution in [0.25, 0.3) is 22.4 Å². The molecule has 9 heteroatoms. The second-order valence-corrected chi connectivity index (χ2v) is 6.08. The largest absolute Gasteiger partial charge is 0.463 e. The molecule has 0 fully saturated rings. The Morgan fingerprint density at radius 1 is 1.11 bits per heavy atom. The van der Waals surface area contributed by atoms with Gasteiger partial charge in [-0.1, -0.05) is 5.92 Å². The molecule has 0 aliphatic carbocycles. The quantitative estimate of drug-likeness (QED) is 0.393. The van der Waals surface area contributed by atoms with Crippen molar-refractivity contribution in [3.63, 3.8) is 0 Å². The smallest absolute Gasteiger partial charge is 0.432 e. The molecule has 0 spiro atoms. The van der Waals surface area contributed by atoms with Crippen LogP contribution in [0.15, 0.2) is 42.7 Å². The van der Waals surface area contributed by atoms with Gasteiger partial charge in [-0.25, -0.2) is 24.7 Å². The van der Waals surface area contributed by atoms with E-state index in [2.05, 4.69) is 36.9 Å². The van der Waals surface area contributed by atoms with Crippen LogP contribution >= 0.6 is 11.6 Å². The van der Waals surface area contributed by atoms with E-state index in [1.807, 2.05) is 0 Å². The maximum Gasteiger partial charge on any atom is 0.432 e. The predicted molar refractivity (Wildman–Crippen MR) is 102 cm³/mol. The minimum absolute atomic E-state index is 0.114. The fourth-order valence-electron chi connectivity index (χ4n) is 2.64. The van der Waals surface area contributed by atoms with E-state index in [1.165, 1.54) is 6.20 Å². The van der Waals surface area contributed by atoms with Gasteiger partial charge in [-0.15, -0.1) is 0 Å². The SMILES string of the molecule is Cc1nn(C(=O)O)c2ccc(C#Cc3ccnc(-c4ccnc(Cl)n4)n3)cc12. The van der Waals surface area contributed by atoms with Crippen molar-refractivity contribution in [2.75, 3.05) is 0 Å². The van der Waals surface area contributed by atoms with Gasteiger partial charge in [0.2, 0.25) is 5.28 Å². The summed E-state index contributed by atoms with van der Waals surface area (Å²) < 4.78 is 0.950. The summed E-state index contributed by atoms with van der Waals surface area (Å²) in [6, 6.07) is 8.57. The van der Waals surface area contributed by atoms with E-state index >= 15 is 0 Å². The number of hydrogen-bond donors (Lipinski definition) is 1. The molecule has 0 radical (unpaired) electrons. The van der Waals surface area contributed by atoms with Gasteiger partial charge in [0.1, 0.15) is 11.4 Å². The predicted octanol–water partition coefficient (Wildman–Crippen LogP) is 3.17. The Balaban J connectivity index is 1.69. The molecule has 0 saturated heterocycles. The Morgan fingerprint density at radius 3 is 2.71 bits per heavy atom. The van der Waals surface area contributed by atoms with E-state index in [-0.39, 0.29) is 5.28 Å².